The van der Waals surface area contributed by atoms with Crippen molar-refractivity contribution in [3.63, 3.8) is 0 Å². The zero-order valence-corrected chi connectivity index (χ0v) is 14.6. The van der Waals surface area contributed by atoms with Crippen LogP contribution in [0.4, 0.5) is 11.4 Å². The molecule has 0 saturated heterocycles. The summed E-state index contributed by atoms with van der Waals surface area (Å²) in [4.78, 5) is 14.7. The third-order valence-electron chi connectivity index (χ3n) is 4.99. The van der Waals surface area contributed by atoms with E-state index in [0.29, 0.717) is 5.56 Å². The number of hydrogen-bond acceptors (Lipinski definition) is 3. The minimum Gasteiger partial charge on any atom is -0.493 e. The van der Waals surface area contributed by atoms with Gasteiger partial charge in [-0.1, -0.05) is 0 Å². The van der Waals surface area contributed by atoms with Gasteiger partial charge in [0.25, 0.3) is 5.91 Å². The maximum atomic E-state index is 12.5. The van der Waals surface area contributed by atoms with E-state index in [9.17, 15) is 4.79 Å². The smallest absolute Gasteiger partial charge is 0.255 e. The summed E-state index contributed by atoms with van der Waals surface area (Å²) in [6.07, 6.45) is 4.77. The van der Waals surface area contributed by atoms with Crippen LogP contribution in [-0.2, 0) is 6.42 Å². The third kappa shape index (κ3) is 3.78. The average Bonchev–Trinajstić information content (AvgIpc) is 3.45. The zero-order valence-electron chi connectivity index (χ0n) is 14.6. The van der Waals surface area contributed by atoms with E-state index < -0.39 is 0 Å². The van der Waals surface area contributed by atoms with Crippen LogP contribution in [0.3, 0.4) is 0 Å². The fraction of sp³-hybridized carbons (Fsp3) is 0.381. The second-order valence-electron chi connectivity index (χ2n) is 7.10. The molecule has 1 saturated carbocycles. The van der Waals surface area contributed by atoms with Gasteiger partial charge in [0, 0.05) is 30.5 Å². The number of amides is 1. The first-order chi connectivity index (χ1) is 12.2. The number of ether oxygens (including phenoxy) is 1. The number of nitrogens with one attached hydrogen (secondary N) is 1. The Balaban J connectivity index is 1.41. The molecule has 0 spiro atoms. The van der Waals surface area contributed by atoms with Crippen LogP contribution in [0.2, 0.25) is 0 Å². The monoisotopic (exact) mass is 336 g/mol. The molecule has 0 radical (unpaired) electrons. The molecule has 1 aliphatic heterocycles. The number of hydrogen-bond donors (Lipinski definition) is 1. The minimum absolute atomic E-state index is 0.0853. The molecule has 1 amide bonds. The number of carbonyl (C=O) groups excluding carboxylic acids is 1. The van der Waals surface area contributed by atoms with Gasteiger partial charge >= 0.3 is 0 Å². The summed E-state index contributed by atoms with van der Waals surface area (Å²) in [6.45, 7) is 1.88. The summed E-state index contributed by atoms with van der Waals surface area (Å²) >= 11 is 0. The second kappa shape index (κ2) is 6.79. The molecule has 4 rings (SSSR count). The van der Waals surface area contributed by atoms with Crippen molar-refractivity contribution in [3.8, 4) is 5.75 Å². The van der Waals surface area contributed by atoms with E-state index in [0.717, 1.165) is 43.3 Å². The molecule has 0 aromatic heterocycles. The van der Waals surface area contributed by atoms with Crippen molar-refractivity contribution < 1.29 is 9.53 Å². The standard InChI is InChI=1S/C21H24N2O2/c1-23-12-2-3-17-13-18(8-11-20(17)23)22-21(24)16-6-9-19(10-7-16)25-14-15-4-5-15/h6-11,13,15H,2-5,12,14H2,1H3,(H,22,24). The quantitative estimate of drug-likeness (QED) is 0.893. The van der Waals surface area contributed by atoms with Crippen molar-refractivity contribution >= 4 is 17.3 Å². The fourth-order valence-corrected chi connectivity index (χ4v) is 3.27. The van der Waals surface area contributed by atoms with Gasteiger partial charge in [-0.05, 0) is 79.6 Å². The molecule has 2 aromatic carbocycles. The number of rotatable bonds is 5. The van der Waals surface area contributed by atoms with E-state index in [1.807, 2.05) is 30.3 Å². The number of fused-ring (bicyclic) bond motifs is 1. The summed E-state index contributed by atoms with van der Waals surface area (Å²) in [5, 5.41) is 3.00. The van der Waals surface area contributed by atoms with Crippen LogP contribution in [0.15, 0.2) is 42.5 Å². The van der Waals surface area contributed by atoms with E-state index in [4.69, 9.17) is 4.74 Å². The molecule has 4 heteroatoms. The van der Waals surface area contributed by atoms with Crippen LogP contribution in [0, 0.1) is 5.92 Å². The zero-order chi connectivity index (χ0) is 17.2. The van der Waals surface area contributed by atoms with Crippen molar-refractivity contribution in [3.05, 3.63) is 53.6 Å². The van der Waals surface area contributed by atoms with Gasteiger partial charge in [0.1, 0.15) is 5.75 Å². The van der Waals surface area contributed by atoms with Crippen LogP contribution in [0.1, 0.15) is 35.2 Å². The number of anilines is 2. The van der Waals surface area contributed by atoms with Gasteiger partial charge in [0.05, 0.1) is 6.61 Å². The predicted molar refractivity (Wildman–Crippen MR) is 101 cm³/mol. The lowest BCUT2D eigenvalue weighted by Gasteiger charge is -2.27. The van der Waals surface area contributed by atoms with Crippen LogP contribution in [-0.4, -0.2) is 26.1 Å². The molecule has 1 aliphatic carbocycles. The van der Waals surface area contributed by atoms with E-state index in [1.54, 1.807) is 0 Å². The second-order valence-corrected chi connectivity index (χ2v) is 7.10. The molecule has 4 nitrogen and oxygen atoms in total. The Labute approximate surface area is 148 Å². The number of aryl methyl sites for hydroxylation is 1. The SMILES string of the molecule is CN1CCCc2cc(NC(=O)c3ccc(OCC4CC4)cc3)ccc21. The molecule has 2 aromatic rings. The van der Waals surface area contributed by atoms with Crippen molar-refractivity contribution in [2.24, 2.45) is 5.92 Å². The van der Waals surface area contributed by atoms with Crippen molar-refractivity contribution in [1.29, 1.82) is 0 Å². The molecule has 2 aliphatic rings. The Morgan fingerprint density at radius 1 is 1.20 bits per heavy atom. The summed E-state index contributed by atoms with van der Waals surface area (Å²) in [5.41, 5.74) is 4.07. The maximum absolute atomic E-state index is 12.5. The molecule has 25 heavy (non-hydrogen) atoms. The lowest BCUT2D eigenvalue weighted by atomic mass is 10.0. The highest BCUT2D eigenvalue weighted by Crippen LogP contribution is 2.30. The van der Waals surface area contributed by atoms with Gasteiger partial charge in [0.2, 0.25) is 0 Å². The van der Waals surface area contributed by atoms with Crippen LogP contribution in [0.25, 0.3) is 0 Å². The first kappa shape index (κ1) is 16.0. The molecule has 0 atom stereocenters. The molecular weight excluding hydrogens is 312 g/mol. The highest BCUT2D eigenvalue weighted by Gasteiger charge is 2.22. The Morgan fingerprint density at radius 2 is 2.00 bits per heavy atom. The number of carbonyl (C=O) groups is 1. The van der Waals surface area contributed by atoms with E-state index in [2.05, 4.69) is 29.4 Å². The Hall–Kier alpha value is -2.49. The molecule has 1 heterocycles. The highest BCUT2D eigenvalue weighted by molar-refractivity contribution is 6.04. The fourth-order valence-electron chi connectivity index (χ4n) is 3.27. The van der Waals surface area contributed by atoms with Gasteiger partial charge in [-0.3, -0.25) is 4.79 Å². The number of benzene rings is 2. The van der Waals surface area contributed by atoms with Gasteiger partial charge in [-0.25, -0.2) is 0 Å². The maximum Gasteiger partial charge on any atom is 0.255 e. The molecule has 0 bridgehead atoms. The van der Waals surface area contributed by atoms with E-state index in [-0.39, 0.29) is 5.91 Å². The Morgan fingerprint density at radius 3 is 2.76 bits per heavy atom. The Bertz CT molecular complexity index is 766. The summed E-state index contributed by atoms with van der Waals surface area (Å²) in [6, 6.07) is 13.6. The van der Waals surface area contributed by atoms with Crippen molar-refractivity contribution in [1.82, 2.24) is 0 Å². The van der Waals surface area contributed by atoms with E-state index >= 15 is 0 Å². The van der Waals surface area contributed by atoms with Crippen LogP contribution in [0.5, 0.6) is 5.75 Å². The van der Waals surface area contributed by atoms with Crippen LogP contribution >= 0.6 is 0 Å². The van der Waals surface area contributed by atoms with Gasteiger partial charge in [-0.2, -0.15) is 0 Å². The third-order valence-corrected chi connectivity index (χ3v) is 4.99. The Kier molecular flexibility index (Phi) is 4.35. The normalized spacial score (nSPS) is 16.3. The highest BCUT2D eigenvalue weighted by atomic mass is 16.5. The van der Waals surface area contributed by atoms with Crippen molar-refractivity contribution in [2.45, 2.75) is 25.7 Å². The van der Waals surface area contributed by atoms with Gasteiger partial charge in [0.15, 0.2) is 0 Å². The predicted octanol–water partition coefficient (Wildman–Crippen LogP) is 4.11. The van der Waals surface area contributed by atoms with Crippen molar-refractivity contribution in [2.75, 3.05) is 30.4 Å². The lowest BCUT2D eigenvalue weighted by Crippen LogP contribution is -2.24. The molecule has 0 unspecified atom stereocenters. The molecule has 1 N–H and O–H groups in total. The van der Waals surface area contributed by atoms with Gasteiger partial charge in [-0.15, -0.1) is 0 Å². The van der Waals surface area contributed by atoms with E-state index in [1.165, 1.54) is 24.1 Å². The minimum atomic E-state index is -0.0853. The lowest BCUT2D eigenvalue weighted by molar-refractivity contribution is 0.102. The summed E-state index contributed by atoms with van der Waals surface area (Å²) < 4.78 is 5.72. The molecule has 130 valence electrons. The molecule has 1 fully saturated rings. The first-order valence-corrected chi connectivity index (χ1v) is 9.07. The summed E-state index contributed by atoms with van der Waals surface area (Å²) in [5.74, 6) is 1.48. The van der Waals surface area contributed by atoms with Crippen LogP contribution < -0.4 is 15.0 Å². The topological polar surface area (TPSA) is 41.6 Å². The summed E-state index contributed by atoms with van der Waals surface area (Å²) in [7, 11) is 2.11. The first-order valence-electron chi connectivity index (χ1n) is 9.07. The largest absolute Gasteiger partial charge is 0.493 e. The average molecular weight is 336 g/mol. The number of nitrogens with zero attached hydrogens (tertiary/aromatic N) is 1. The molecular formula is C21H24N2O2. The van der Waals surface area contributed by atoms with Gasteiger partial charge < -0.3 is 15.0 Å².